The third-order valence-corrected chi connectivity index (χ3v) is 8.06. The monoisotopic (exact) mass is 531 g/mol. The molecule has 0 bridgehead atoms. The number of piperidine rings is 1. The molecule has 1 aromatic heterocycles. The summed E-state index contributed by atoms with van der Waals surface area (Å²) in [6, 6.07) is 10.2. The first-order valence-corrected chi connectivity index (χ1v) is 13.3. The maximum atomic E-state index is 12.6. The van der Waals surface area contributed by atoms with Gasteiger partial charge in [0.2, 0.25) is 11.8 Å². The fourth-order valence-electron chi connectivity index (χ4n) is 4.67. The molecule has 2 aromatic rings. The van der Waals surface area contributed by atoms with Crippen molar-refractivity contribution in [3.8, 4) is 12.1 Å². The van der Waals surface area contributed by atoms with Gasteiger partial charge < -0.3 is 20.9 Å². The first-order valence-electron chi connectivity index (χ1n) is 12.4. The molecule has 1 aliphatic rings. The van der Waals surface area contributed by atoms with Gasteiger partial charge in [-0.25, -0.2) is 4.98 Å². The molecule has 10 heteroatoms. The first kappa shape index (κ1) is 28.7. The molecular formula is C28H33N7O2S. The van der Waals surface area contributed by atoms with Gasteiger partial charge in [-0.3, -0.25) is 9.59 Å². The second-order valence-corrected chi connectivity index (χ2v) is 10.5. The average molecular weight is 532 g/mol. The van der Waals surface area contributed by atoms with Gasteiger partial charge in [0.05, 0.1) is 11.1 Å². The van der Waals surface area contributed by atoms with Crippen LogP contribution in [0, 0.1) is 29.6 Å². The fourth-order valence-corrected chi connectivity index (χ4v) is 5.72. The first-order chi connectivity index (χ1) is 18.1. The molecule has 1 saturated heterocycles. The number of amides is 2. The fraction of sp³-hybridized carbons (Fsp3) is 0.393. The van der Waals surface area contributed by atoms with Crippen LogP contribution >= 0.6 is 11.8 Å². The Labute approximate surface area is 228 Å². The smallest absolute Gasteiger partial charge is 0.247 e. The summed E-state index contributed by atoms with van der Waals surface area (Å²) in [6.07, 6.45) is 3.52. The van der Waals surface area contributed by atoms with Crippen molar-refractivity contribution in [1.29, 1.82) is 10.5 Å². The predicted molar refractivity (Wildman–Crippen MR) is 150 cm³/mol. The summed E-state index contributed by atoms with van der Waals surface area (Å²) in [5, 5.41) is 22.4. The van der Waals surface area contributed by atoms with Crippen molar-refractivity contribution in [2.24, 2.45) is 5.73 Å². The van der Waals surface area contributed by atoms with E-state index in [1.54, 1.807) is 18.2 Å². The number of nitrogens with one attached hydrogen (secondary N) is 1. The number of benzene rings is 1. The van der Waals surface area contributed by atoms with Crippen molar-refractivity contribution >= 4 is 35.1 Å². The number of carbonyl (C=O) groups is 2. The zero-order valence-corrected chi connectivity index (χ0v) is 23.1. The van der Waals surface area contributed by atoms with Gasteiger partial charge in [0.1, 0.15) is 28.2 Å². The lowest BCUT2D eigenvalue weighted by Gasteiger charge is -2.36. The highest BCUT2D eigenvalue weighted by Crippen LogP contribution is 2.40. The maximum Gasteiger partial charge on any atom is 0.247 e. The Hall–Kier alpha value is -3.86. The zero-order valence-electron chi connectivity index (χ0n) is 22.2. The van der Waals surface area contributed by atoms with E-state index in [9.17, 15) is 20.1 Å². The van der Waals surface area contributed by atoms with Crippen LogP contribution in [-0.4, -0.2) is 54.9 Å². The average Bonchev–Trinajstić information content (AvgIpc) is 2.91. The Kier molecular flexibility index (Phi) is 9.51. The topological polar surface area (TPSA) is 139 Å². The van der Waals surface area contributed by atoms with E-state index in [2.05, 4.69) is 47.9 Å². The minimum atomic E-state index is -0.831. The van der Waals surface area contributed by atoms with E-state index in [4.69, 9.17) is 10.7 Å². The molecule has 0 saturated carbocycles. The molecule has 38 heavy (non-hydrogen) atoms. The number of nitrogens with two attached hydrogens (primary N) is 1. The maximum absolute atomic E-state index is 12.6. The quantitative estimate of drug-likeness (QED) is 0.369. The van der Waals surface area contributed by atoms with E-state index < -0.39 is 11.2 Å². The number of carbonyl (C=O) groups excluding carboxylic acids is 2. The van der Waals surface area contributed by atoms with Crippen LogP contribution in [0.4, 0.5) is 11.5 Å². The molecule has 1 atom stereocenters. The second-order valence-electron chi connectivity index (χ2n) is 9.40. The molecule has 0 aliphatic carbocycles. The molecular weight excluding hydrogens is 498 g/mol. The van der Waals surface area contributed by atoms with Crippen molar-refractivity contribution < 1.29 is 9.59 Å². The van der Waals surface area contributed by atoms with Gasteiger partial charge >= 0.3 is 0 Å². The molecule has 1 unspecified atom stereocenters. The minimum Gasteiger partial charge on any atom is -0.368 e. The van der Waals surface area contributed by atoms with Gasteiger partial charge in [-0.2, -0.15) is 10.5 Å². The van der Waals surface area contributed by atoms with Crippen molar-refractivity contribution in [2.75, 3.05) is 37.4 Å². The normalized spacial score (nSPS) is 14.4. The van der Waals surface area contributed by atoms with Crippen LogP contribution in [0.25, 0.3) is 0 Å². The number of thioether (sulfide) groups is 1. The van der Waals surface area contributed by atoms with Crippen molar-refractivity contribution in [3.05, 3.63) is 58.7 Å². The highest BCUT2D eigenvalue weighted by atomic mass is 32.2. The van der Waals surface area contributed by atoms with Crippen LogP contribution in [0.5, 0.6) is 0 Å². The summed E-state index contributed by atoms with van der Waals surface area (Å²) < 4.78 is 0. The molecule has 3 rings (SSSR count). The number of rotatable bonds is 9. The van der Waals surface area contributed by atoms with Gasteiger partial charge in [-0.15, -0.1) is 0 Å². The van der Waals surface area contributed by atoms with Crippen molar-refractivity contribution in [1.82, 2.24) is 9.88 Å². The third kappa shape index (κ3) is 6.16. The Morgan fingerprint density at radius 2 is 1.95 bits per heavy atom. The van der Waals surface area contributed by atoms with Gasteiger partial charge in [-0.05, 0) is 69.1 Å². The summed E-state index contributed by atoms with van der Waals surface area (Å²) >= 11 is 1.11. The molecule has 1 fully saturated rings. The van der Waals surface area contributed by atoms with E-state index in [1.165, 1.54) is 6.08 Å². The van der Waals surface area contributed by atoms with E-state index in [1.807, 2.05) is 13.8 Å². The molecule has 1 aromatic carbocycles. The van der Waals surface area contributed by atoms with Crippen LogP contribution in [0.3, 0.4) is 0 Å². The Morgan fingerprint density at radius 1 is 1.29 bits per heavy atom. The molecule has 3 N–H and O–H groups in total. The SMILES string of the molecule is C=CC(=O)Nc1ccc(C(Sc2nc(N3CCC(N(C)C)CC3)c(C#N)c(CC)c2C#N)C(N)=O)cc1C. The molecule has 0 spiro atoms. The second kappa shape index (κ2) is 12.6. The van der Waals surface area contributed by atoms with Crippen LogP contribution in [-0.2, 0) is 16.0 Å². The number of pyridine rings is 1. The minimum absolute atomic E-state index is 0.291. The Bertz CT molecular complexity index is 1320. The standard InChI is InChI=1S/C28H33N7O2S/c1-6-20-21(15-29)27(35-12-10-19(11-13-35)34(4)5)33-28(22(20)16-30)38-25(26(31)37)18-8-9-23(17(3)14-18)32-24(36)7-2/h7-9,14,19,25H,2,6,10-13H2,1,3-5H3,(H2,31,37)(H,32,36). The summed E-state index contributed by atoms with van der Waals surface area (Å²) in [4.78, 5) is 33.5. The number of aryl methyl sites for hydroxylation is 1. The highest BCUT2D eigenvalue weighted by molar-refractivity contribution is 8.00. The summed E-state index contributed by atoms with van der Waals surface area (Å²) in [7, 11) is 4.13. The lowest BCUT2D eigenvalue weighted by molar-refractivity contribution is -0.117. The van der Waals surface area contributed by atoms with Gasteiger partial charge in [-0.1, -0.05) is 37.4 Å². The Balaban J connectivity index is 2.04. The van der Waals surface area contributed by atoms with E-state index >= 15 is 0 Å². The largest absolute Gasteiger partial charge is 0.368 e. The summed E-state index contributed by atoms with van der Waals surface area (Å²) in [5.41, 5.74) is 9.12. The predicted octanol–water partition coefficient (Wildman–Crippen LogP) is 3.67. The van der Waals surface area contributed by atoms with E-state index in [0.717, 1.165) is 43.3 Å². The molecule has 198 valence electrons. The van der Waals surface area contributed by atoms with Crippen molar-refractivity contribution in [2.45, 2.75) is 49.4 Å². The number of hydrogen-bond acceptors (Lipinski definition) is 8. The summed E-state index contributed by atoms with van der Waals surface area (Å²) in [6.45, 7) is 8.65. The number of nitrogens with zero attached hydrogens (tertiary/aromatic N) is 5. The number of anilines is 2. The van der Waals surface area contributed by atoms with Crippen LogP contribution in [0.2, 0.25) is 0 Å². The van der Waals surface area contributed by atoms with E-state index in [0.29, 0.717) is 51.2 Å². The van der Waals surface area contributed by atoms with E-state index in [-0.39, 0.29) is 5.91 Å². The molecule has 2 heterocycles. The molecule has 2 amide bonds. The third-order valence-electron chi connectivity index (χ3n) is 6.80. The molecule has 9 nitrogen and oxygen atoms in total. The Morgan fingerprint density at radius 3 is 2.45 bits per heavy atom. The number of primary amides is 1. The lowest BCUT2D eigenvalue weighted by Crippen LogP contribution is -2.42. The molecule has 0 radical (unpaired) electrons. The molecule has 1 aliphatic heterocycles. The van der Waals surface area contributed by atoms with Gasteiger partial charge in [0, 0.05) is 24.8 Å². The number of aromatic nitrogens is 1. The van der Waals surface area contributed by atoms with Crippen LogP contribution in [0.15, 0.2) is 35.9 Å². The highest BCUT2D eigenvalue weighted by Gasteiger charge is 2.29. The van der Waals surface area contributed by atoms with Crippen LogP contribution in [0.1, 0.15) is 52.8 Å². The van der Waals surface area contributed by atoms with Gasteiger partial charge in [0.15, 0.2) is 0 Å². The van der Waals surface area contributed by atoms with Crippen LogP contribution < -0.4 is 16.0 Å². The number of nitriles is 2. The van der Waals surface area contributed by atoms with Gasteiger partial charge in [0.25, 0.3) is 0 Å². The zero-order chi connectivity index (χ0) is 28.0. The van der Waals surface area contributed by atoms with Crippen molar-refractivity contribution in [3.63, 3.8) is 0 Å². The summed E-state index contributed by atoms with van der Waals surface area (Å²) in [5.74, 6) is -0.375. The lowest BCUT2D eigenvalue weighted by atomic mass is 9.99. The number of hydrogen-bond donors (Lipinski definition) is 2.